The maximum atomic E-state index is 13.6. The Morgan fingerprint density at radius 1 is 0.975 bits per heavy atom. The molecule has 3 aliphatic rings. The third-order valence-electron chi connectivity index (χ3n) is 8.95. The van der Waals surface area contributed by atoms with Crippen LogP contribution in [0, 0.1) is 17.2 Å². The van der Waals surface area contributed by atoms with Crippen molar-refractivity contribution in [1.29, 1.82) is 0 Å². The fourth-order valence-corrected chi connectivity index (χ4v) is 6.43. The summed E-state index contributed by atoms with van der Waals surface area (Å²) >= 11 is 0. The number of alkyl halides is 2. The lowest BCUT2D eigenvalue weighted by atomic mass is 9.77. The molecule has 0 bridgehead atoms. The second-order valence-electron chi connectivity index (χ2n) is 11.8. The van der Waals surface area contributed by atoms with Crippen molar-refractivity contribution in [3.8, 4) is 0 Å². The normalized spacial score (nSPS) is 21.7. The summed E-state index contributed by atoms with van der Waals surface area (Å²) in [5.41, 5.74) is 1.96. The van der Waals surface area contributed by atoms with E-state index in [1.165, 1.54) is 12.1 Å². The summed E-state index contributed by atoms with van der Waals surface area (Å²) in [6.45, 7) is 3.85. The zero-order valence-corrected chi connectivity index (χ0v) is 23.6. The maximum absolute atomic E-state index is 13.6. The molecule has 2 saturated heterocycles. The topological polar surface area (TPSA) is 52.7 Å². The minimum absolute atomic E-state index is 0. The molecule has 3 fully saturated rings. The smallest absolute Gasteiger partial charge is 0.248 e. The average Bonchev–Trinajstić information content (AvgIpc) is 3.23. The molecule has 40 heavy (non-hydrogen) atoms. The Bertz CT molecular complexity index is 1130. The van der Waals surface area contributed by atoms with Crippen LogP contribution in [0.25, 0.3) is 0 Å². The molecule has 218 valence electrons. The highest BCUT2D eigenvalue weighted by Crippen LogP contribution is 2.42. The first kappa shape index (κ1) is 30.4. The van der Waals surface area contributed by atoms with E-state index in [4.69, 9.17) is 0 Å². The van der Waals surface area contributed by atoms with Crippen LogP contribution in [0.5, 0.6) is 0 Å². The fourth-order valence-electron chi connectivity index (χ4n) is 6.43. The highest BCUT2D eigenvalue weighted by Gasteiger charge is 2.44. The highest BCUT2D eigenvalue weighted by molar-refractivity contribution is 5.85. The SMILES string of the molecule is Cl.O=C(N[C@@H](CCN1CCC2(CC1)CC(=O)N(Cc1ccc(F)cc1)C2)c1ccccc1)C1CCC(F)(F)CC1. The number of halogens is 4. The van der Waals surface area contributed by atoms with Gasteiger partial charge in [-0.05, 0) is 73.9 Å². The zero-order valence-electron chi connectivity index (χ0n) is 22.8. The van der Waals surface area contributed by atoms with Gasteiger partial charge >= 0.3 is 0 Å². The van der Waals surface area contributed by atoms with Crippen LogP contribution in [0.1, 0.15) is 68.5 Å². The predicted molar refractivity (Wildman–Crippen MR) is 151 cm³/mol. The molecule has 1 atom stereocenters. The average molecular weight is 578 g/mol. The summed E-state index contributed by atoms with van der Waals surface area (Å²) in [6, 6.07) is 16.0. The van der Waals surface area contributed by atoms with Crippen molar-refractivity contribution >= 4 is 24.2 Å². The van der Waals surface area contributed by atoms with Crippen molar-refractivity contribution in [2.75, 3.05) is 26.2 Å². The number of hydrogen-bond acceptors (Lipinski definition) is 3. The van der Waals surface area contributed by atoms with E-state index in [-0.39, 0.29) is 73.1 Å². The van der Waals surface area contributed by atoms with Crippen LogP contribution < -0.4 is 5.32 Å². The number of likely N-dealkylation sites (tertiary alicyclic amines) is 2. The van der Waals surface area contributed by atoms with Crippen molar-refractivity contribution in [2.45, 2.75) is 69.9 Å². The minimum atomic E-state index is -2.65. The van der Waals surface area contributed by atoms with Crippen LogP contribution in [0.4, 0.5) is 13.2 Å². The van der Waals surface area contributed by atoms with Gasteiger partial charge in [0, 0.05) is 44.8 Å². The molecule has 5 rings (SSSR count). The fraction of sp³-hybridized carbons (Fsp3) is 0.548. The molecule has 5 nitrogen and oxygen atoms in total. The van der Waals surface area contributed by atoms with Crippen LogP contribution >= 0.6 is 12.4 Å². The molecule has 2 aromatic rings. The molecule has 9 heteroatoms. The van der Waals surface area contributed by atoms with Gasteiger partial charge in [0.1, 0.15) is 5.82 Å². The van der Waals surface area contributed by atoms with E-state index in [0.717, 1.165) is 56.6 Å². The van der Waals surface area contributed by atoms with Crippen LogP contribution in [-0.4, -0.2) is 53.7 Å². The van der Waals surface area contributed by atoms with Crippen molar-refractivity contribution in [3.63, 3.8) is 0 Å². The van der Waals surface area contributed by atoms with Gasteiger partial charge in [0.05, 0.1) is 6.04 Å². The molecule has 1 N–H and O–H groups in total. The lowest BCUT2D eigenvalue weighted by molar-refractivity contribution is -0.130. The van der Waals surface area contributed by atoms with Crippen molar-refractivity contribution in [2.24, 2.45) is 11.3 Å². The first-order chi connectivity index (χ1) is 18.7. The van der Waals surface area contributed by atoms with E-state index in [2.05, 4.69) is 10.2 Å². The van der Waals surface area contributed by atoms with Crippen LogP contribution in [-0.2, 0) is 16.1 Å². The maximum Gasteiger partial charge on any atom is 0.248 e. The number of piperidine rings is 1. The molecule has 1 aliphatic carbocycles. The molecular weight excluding hydrogens is 539 g/mol. The first-order valence-corrected chi connectivity index (χ1v) is 14.2. The lowest BCUT2D eigenvalue weighted by Crippen LogP contribution is -2.43. The largest absolute Gasteiger partial charge is 0.349 e. The Hall–Kier alpha value is -2.58. The Kier molecular flexibility index (Phi) is 9.83. The second kappa shape index (κ2) is 12.9. The summed E-state index contributed by atoms with van der Waals surface area (Å²) in [4.78, 5) is 30.1. The van der Waals surface area contributed by atoms with Gasteiger partial charge in [-0.2, -0.15) is 0 Å². The number of amides is 2. The Balaban J connectivity index is 0.00000370. The second-order valence-corrected chi connectivity index (χ2v) is 11.8. The number of carbonyl (C=O) groups excluding carboxylic acids is 2. The summed E-state index contributed by atoms with van der Waals surface area (Å²) in [7, 11) is 0. The summed E-state index contributed by atoms with van der Waals surface area (Å²) < 4.78 is 40.4. The monoisotopic (exact) mass is 577 g/mol. The highest BCUT2D eigenvalue weighted by atomic mass is 35.5. The van der Waals surface area contributed by atoms with Crippen molar-refractivity contribution in [1.82, 2.24) is 15.1 Å². The molecule has 0 radical (unpaired) electrons. The van der Waals surface area contributed by atoms with Gasteiger partial charge in [0.25, 0.3) is 0 Å². The van der Waals surface area contributed by atoms with Gasteiger partial charge in [-0.25, -0.2) is 13.2 Å². The summed E-state index contributed by atoms with van der Waals surface area (Å²) in [5, 5.41) is 3.17. The van der Waals surface area contributed by atoms with E-state index in [0.29, 0.717) is 13.0 Å². The third-order valence-corrected chi connectivity index (χ3v) is 8.95. The quantitative estimate of drug-likeness (QED) is 0.410. The number of benzene rings is 2. The molecule has 0 aromatic heterocycles. The van der Waals surface area contributed by atoms with Gasteiger partial charge < -0.3 is 15.1 Å². The molecule has 2 aliphatic heterocycles. The van der Waals surface area contributed by atoms with Crippen LogP contribution in [0.3, 0.4) is 0 Å². The van der Waals surface area contributed by atoms with Gasteiger partial charge in [0.15, 0.2) is 0 Å². The van der Waals surface area contributed by atoms with E-state index >= 15 is 0 Å². The van der Waals surface area contributed by atoms with Crippen LogP contribution in [0.2, 0.25) is 0 Å². The molecule has 1 saturated carbocycles. The molecule has 2 aromatic carbocycles. The number of hydrogen-bond donors (Lipinski definition) is 1. The van der Waals surface area contributed by atoms with E-state index < -0.39 is 5.92 Å². The van der Waals surface area contributed by atoms with E-state index in [9.17, 15) is 22.8 Å². The number of rotatable bonds is 8. The standard InChI is InChI=1S/C31H38F3N3O2.ClH/c32-26-8-6-23(7-9-26)21-37-22-30(20-28(37)38)15-18-36(19-16-30)17-12-27(24-4-2-1-3-5-24)35-29(39)25-10-13-31(33,34)14-11-25;/h1-9,25,27H,10-22H2,(H,35,39);1H/t27-;/m0./s1. The molecule has 2 amide bonds. The molecule has 2 heterocycles. The number of nitrogens with zero attached hydrogens (tertiary/aromatic N) is 2. The van der Waals surface area contributed by atoms with Crippen molar-refractivity contribution in [3.05, 3.63) is 71.5 Å². The minimum Gasteiger partial charge on any atom is -0.349 e. The van der Waals surface area contributed by atoms with E-state index in [1.807, 2.05) is 35.2 Å². The van der Waals surface area contributed by atoms with Crippen molar-refractivity contribution < 1.29 is 22.8 Å². The molecule has 0 unspecified atom stereocenters. The Morgan fingerprint density at radius 2 is 1.62 bits per heavy atom. The first-order valence-electron chi connectivity index (χ1n) is 14.2. The predicted octanol–water partition coefficient (Wildman–Crippen LogP) is 6.14. The van der Waals surface area contributed by atoms with Gasteiger partial charge in [-0.15, -0.1) is 12.4 Å². The molecule has 1 spiro atoms. The Morgan fingerprint density at radius 3 is 2.27 bits per heavy atom. The van der Waals surface area contributed by atoms with Crippen LogP contribution in [0.15, 0.2) is 54.6 Å². The Labute approximate surface area is 240 Å². The zero-order chi connectivity index (χ0) is 27.5. The van der Waals surface area contributed by atoms with E-state index in [1.54, 1.807) is 12.1 Å². The van der Waals surface area contributed by atoms with Gasteiger partial charge in [0.2, 0.25) is 17.7 Å². The summed E-state index contributed by atoms with van der Waals surface area (Å²) in [6.07, 6.45) is 3.19. The van der Waals surface area contributed by atoms with Gasteiger partial charge in [-0.1, -0.05) is 42.5 Å². The lowest BCUT2D eigenvalue weighted by Gasteiger charge is -2.39. The number of carbonyl (C=O) groups is 2. The van der Waals surface area contributed by atoms with Gasteiger partial charge in [-0.3, -0.25) is 9.59 Å². The summed E-state index contributed by atoms with van der Waals surface area (Å²) in [5.74, 6) is -3.24. The molecular formula is C31H39ClF3N3O2. The third kappa shape index (κ3) is 7.58. The number of nitrogens with one attached hydrogen (secondary N) is 1.